The minimum absolute atomic E-state index is 0.180. The van der Waals surface area contributed by atoms with Crippen molar-refractivity contribution >= 4 is 23.5 Å². The highest BCUT2D eigenvalue weighted by molar-refractivity contribution is 6.53. The summed E-state index contributed by atoms with van der Waals surface area (Å²) in [6.45, 7) is 2.01. The summed E-state index contributed by atoms with van der Waals surface area (Å²) in [4.78, 5) is 0. The maximum atomic E-state index is 13.3. The van der Waals surface area contributed by atoms with E-state index in [0.29, 0.717) is 0 Å². The lowest BCUT2D eigenvalue weighted by Gasteiger charge is -2.19. The van der Waals surface area contributed by atoms with Gasteiger partial charge in [-0.25, -0.2) is 10.7 Å². The maximum Gasteiger partial charge on any atom is 0.119 e. The molecule has 0 aliphatic carbocycles. The number of rotatable bonds is 3. The van der Waals surface area contributed by atoms with Gasteiger partial charge in [0.25, 0.3) is 0 Å². The minimum Gasteiger partial charge on any atom is -0.291 e. The molecule has 0 heterocycles. The Morgan fingerprint density at radius 1 is 0.900 bits per heavy atom. The Labute approximate surface area is 119 Å². The van der Waals surface area contributed by atoms with Crippen molar-refractivity contribution < 1.29 is 4.39 Å². The molecular formula is C18H15BF-. The molecule has 0 aliphatic heterocycles. The van der Waals surface area contributed by atoms with Crippen LogP contribution in [0.15, 0.2) is 60.7 Å². The smallest absolute Gasteiger partial charge is 0.119 e. The van der Waals surface area contributed by atoms with E-state index in [9.17, 15) is 4.39 Å². The number of fused-ring (bicyclic) bond motifs is 1. The van der Waals surface area contributed by atoms with Gasteiger partial charge in [-0.1, -0.05) is 65.7 Å². The molecule has 0 N–H and O–H groups in total. The van der Waals surface area contributed by atoms with E-state index in [1.807, 2.05) is 25.1 Å². The van der Waals surface area contributed by atoms with Crippen molar-refractivity contribution in [3.8, 4) is 0 Å². The van der Waals surface area contributed by atoms with Crippen molar-refractivity contribution in [2.45, 2.75) is 13.2 Å². The summed E-state index contributed by atoms with van der Waals surface area (Å²) < 4.78 is 13.3. The molecule has 0 bridgehead atoms. The van der Waals surface area contributed by atoms with E-state index in [1.54, 1.807) is 6.07 Å². The monoisotopic (exact) mass is 261 g/mol. The van der Waals surface area contributed by atoms with Crippen LogP contribution in [0.5, 0.6) is 0 Å². The summed E-state index contributed by atoms with van der Waals surface area (Å²) in [5, 5.41) is 2.49. The zero-order chi connectivity index (χ0) is 13.9. The SMILES string of the molecule is Cc1ccc(F)cc1[B-]Cc1ccc2ccccc2c1. The summed E-state index contributed by atoms with van der Waals surface area (Å²) in [6.07, 6.45) is 0.815. The molecule has 0 fully saturated rings. The van der Waals surface area contributed by atoms with Gasteiger partial charge >= 0.3 is 0 Å². The molecule has 0 aromatic heterocycles. The van der Waals surface area contributed by atoms with Crippen LogP contribution in [0.1, 0.15) is 11.1 Å². The zero-order valence-electron chi connectivity index (χ0n) is 11.4. The molecule has 2 heteroatoms. The lowest BCUT2D eigenvalue weighted by atomic mass is 9.64. The second kappa shape index (κ2) is 5.50. The van der Waals surface area contributed by atoms with Crippen LogP contribution < -0.4 is 5.46 Å². The first-order valence-electron chi connectivity index (χ1n) is 6.79. The van der Waals surface area contributed by atoms with Crippen LogP contribution in [0.2, 0.25) is 0 Å². The van der Waals surface area contributed by atoms with Crippen LogP contribution in [-0.4, -0.2) is 7.28 Å². The number of aryl methyl sites for hydroxylation is 1. The first-order valence-corrected chi connectivity index (χ1v) is 6.79. The van der Waals surface area contributed by atoms with Crippen LogP contribution >= 0.6 is 0 Å². The van der Waals surface area contributed by atoms with Crippen molar-refractivity contribution in [1.82, 2.24) is 0 Å². The normalized spacial score (nSPS) is 10.9. The first-order chi connectivity index (χ1) is 9.72. The third kappa shape index (κ3) is 2.74. The lowest BCUT2D eigenvalue weighted by molar-refractivity contribution is 0.628. The minimum atomic E-state index is -0.180. The first kappa shape index (κ1) is 12.9. The van der Waals surface area contributed by atoms with E-state index >= 15 is 0 Å². The zero-order valence-corrected chi connectivity index (χ0v) is 11.4. The van der Waals surface area contributed by atoms with E-state index in [1.165, 1.54) is 22.4 Å². The summed E-state index contributed by atoms with van der Waals surface area (Å²) >= 11 is 0. The predicted octanol–water partition coefficient (Wildman–Crippen LogP) is 3.82. The summed E-state index contributed by atoms with van der Waals surface area (Å²) in [5.74, 6) is -0.180. The number of benzene rings is 3. The average molecular weight is 261 g/mol. The Balaban J connectivity index is 1.81. The quantitative estimate of drug-likeness (QED) is 0.629. The molecule has 20 heavy (non-hydrogen) atoms. The molecule has 0 saturated heterocycles. The average Bonchev–Trinajstić information content (AvgIpc) is 2.48. The van der Waals surface area contributed by atoms with Gasteiger partial charge in [0.15, 0.2) is 0 Å². The highest BCUT2D eigenvalue weighted by Gasteiger charge is 1.94. The van der Waals surface area contributed by atoms with Crippen LogP contribution in [0.4, 0.5) is 4.39 Å². The number of hydrogen-bond donors (Lipinski definition) is 0. The Morgan fingerprint density at radius 3 is 2.55 bits per heavy atom. The Morgan fingerprint density at radius 2 is 1.70 bits per heavy atom. The van der Waals surface area contributed by atoms with Gasteiger partial charge in [0, 0.05) is 0 Å². The van der Waals surface area contributed by atoms with E-state index in [4.69, 9.17) is 0 Å². The van der Waals surface area contributed by atoms with E-state index in [0.717, 1.165) is 17.3 Å². The standard InChI is InChI=1S/C18H15BF/c1-13-6-9-17(20)11-18(13)19-12-14-7-8-15-4-2-3-5-16(15)10-14/h2-11H,12H2,1H3/q-1. The van der Waals surface area contributed by atoms with Gasteiger partial charge in [0.1, 0.15) is 5.82 Å². The largest absolute Gasteiger partial charge is 0.291 e. The van der Waals surface area contributed by atoms with Gasteiger partial charge in [-0.2, -0.15) is 0 Å². The van der Waals surface area contributed by atoms with Crippen LogP contribution in [-0.2, 0) is 6.32 Å². The Bertz CT molecular complexity index is 749. The van der Waals surface area contributed by atoms with E-state index < -0.39 is 0 Å². The van der Waals surface area contributed by atoms with Gasteiger partial charge < -0.3 is 0 Å². The third-order valence-electron chi connectivity index (χ3n) is 3.61. The van der Waals surface area contributed by atoms with E-state index in [2.05, 4.69) is 37.6 Å². The molecule has 0 aliphatic rings. The van der Waals surface area contributed by atoms with Crippen LogP contribution in [0.3, 0.4) is 0 Å². The van der Waals surface area contributed by atoms with Gasteiger partial charge in [0.2, 0.25) is 0 Å². The second-order valence-corrected chi connectivity index (χ2v) is 5.09. The lowest BCUT2D eigenvalue weighted by Crippen LogP contribution is -2.20. The van der Waals surface area contributed by atoms with Crippen molar-refractivity contribution in [2.24, 2.45) is 0 Å². The van der Waals surface area contributed by atoms with Crippen LogP contribution in [0.25, 0.3) is 10.8 Å². The van der Waals surface area contributed by atoms with Crippen LogP contribution in [0, 0.1) is 12.7 Å². The molecule has 0 atom stereocenters. The van der Waals surface area contributed by atoms with Gasteiger partial charge in [-0.3, -0.25) is 12.7 Å². The molecule has 98 valence electrons. The fraction of sp³-hybridized carbons (Fsp3) is 0.111. The molecule has 0 amide bonds. The summed E-state index contributed by atoms with van der Waals surface area (Å²) in [5.41, 5.74) is 3.32. The topological polar surface area (TPSA) is 0 Å². The van der Waals surface area contributed by atoms with Gasteiger partial charge in [-0.15, -0.1) is 0 Å². The second-order valence-electron chi connectivity index (χ2n) is 5.09. The molecule has 3 aromatic carbocycles. The van der Waals surface area contributed by atoms with Crippen molar-refractivity contribution in [3.05, 3.63) is 77.6 Å². The van der Waals surface area contributed by atoms with Crippen molar-refractivity contribution in [1.29, 1.82) is 0 Å². The molecule has 0 unspecified atom stereocenters. The molecular weight excluding hydrogens is 246 g/mol. The molecule has 3 aromatic rings. The van der Waals surface area contributed by atoms with Gasteiger partial charge in [0.05, 0.1) is 0 Å². The molecule has 0 nitrogen and oxygen atoms in total. The van der Waals surface area contributed by atoms with E-state index in [-0.39, 0.29) is 5.82 Å². The third-order valence-corrected chi connectivity index (χ3v) is 3.61. The molecule has 0 spiro atoms. The highest BCUT2D eigenvalue weighted by atomic mass is 19.1. The maximum absolute atomic E-state index is 13.3. The summed E-state index contributed by atoms with van der Waals surface area (Å²) in [7, 11) is 2.09. The number of hydrogen-bond acceptors (Lipinski definition) is 0. The van der Waals surface area contributed by atoms with Gasteiger partial charge in [-0.05, 0) is 23.8 Å². The number of halogens is 1. The fourth-order valence-corrected chi connectivity index (χ4v) is 2.42. The fourth-order valence-electron chi connectivity index (χ4n) is 2.42. The highest BCUT2D eigenvalue weighted by Crippen LogP contribution is 2.15. The predicted molar refractivity (Wildman–Crippen MR) is 84.2 cm³/mol. The molecule has 0 saturated carbocycles. The molecule has 2 radical (unpaired) electrons. The van der Waals surface area contributed by atoms with Crippen molar-refractivity contribution in [2.75, 3.05) is 0 Å². The Kier molecular flexibility index (Phi) is 3.55. The van der Waals surface area contributed by atoms with Crippen molar-refractivity contribution in [3.63, 3.8) is 0 Å². The Hall–Kier alpha value is -2.09. The molecule has 3 rings (SSSR count). The summed E-state index contributed by atoms with van der Waals surface area (Å²) in [6, 6.07) is 19.7.